The average molecular weight is 324 g/mol. The van der Waals surface area contributed by atoms with Crippen LogP contribution in [0, 0.1) is 6.92 Å². The lowest BCUT2D eigenvalue weighted by Crippen LogP contribution is -2.32. The Balaban J connectivity index is 2.15. The van der Waals surface area contributed by atoms with E-state index in [1.165, 1.54) is 13.2 Å². The van der Waals surface area contributed by atoms with Gasteiger partial charge in [-0.1, -0.05) is 23.4 Å². The molecule has 7 nitrogen and oxygen atoms in total. The molecule has 118 valence electrons. The number of nitrogens with zero attached hydrogens (tertiary/aromatic N) is 1. The molecule has 0 unspecified atom stereocenters. The number of aryl methyl sites for hydroxylation is 1. The van der Waals surface area contributed by atoms with Crippen molar-refractivity contribution in [2.24, 2.45) is 0 Å². The summed E-state index contributed by atoms with van der Waals surface area (Å²) < 4.78 is 36.5. The summed E-state index contributed by atoms with van der Waals surface area (Å²) in [6, 6.07) is 7.90. The van der Waals surface area contributed by atoms with Crippen molar-refractivity contribution < 1.29 is 22.5 Å². The number of ether oxygens (including phenoxy) is 1. The third-order valence-corrected chi connectivity index (χ3v) is 4.30. The van der Waals surface area contributed by atoms with Gasteiger partial charge >= 0.3 is 0 Å². The molecule has 0 bridgehead atoms. The molecule has 1 aromatic heterocycles. The molecule has 0 saturated heterocycles. The Morgan fingerprint density at radius 2 is 2.09 bits per heavy atom. The number of sulfonamides is 1. The fourth-order valence-electron chi connectivity index (χ4n) is 1.94. The number of hydrogen-bond acceptors (Lipinski definition) is 6. The van der Waals surface area contributed by atoms with Crippen molar-refractivity contribution in [3.05, 3.63) is 47.3 Å². The Kier molecular flexibility index (Phi) is 4.94. The Hall–Kier alpha value is -2.19. The Bertz CT molecular complexity index is 767. The molecule has 8 heteroatoms. The summed E-state index contributed by atoms with van der Waals surface area (Å²) in [5.41, 5.74) is 1.09. The molecular weight excluding hydrogens is 308 g/mol. The van der Waals surface area contributed by atoms with Gasteiger partial charge in [0.05, 0.1) is 23.6 Å². The highest BCUT2D eigenvalue weighted by Gasteiger charge is 2.21. The van der Waals surface area contributed by atoms with Crippen LogP contribution in [0.15, 0.2) is 39.8 Å². The van der Waals surface area contributed by atoms with E-state index in [-0.39, 0.29) is 17.9 Å². The molecule has 1 amide bonds. The summed E-state index contributed by atoms with van der Waals surface area (Å²) in [6.07, 6.45) is -0.202. The lowest BCUT2D eigenvalue weighted by atomic mass is 10.2. The molecule has 0 aliphatic rings. The Morgan fingerprint density at radius 3 is 2.73 bits per heavy atom. The van der Waals surface area contributed by atoms with Gasteiger partial charge in [0.2, 0.25) is 5.91 Å². The number of carbonyl (C=O) groups excluding carboxylic acids is 1. The third kappa shape index (κ3) is 3.92. The van der Waals surface area contributed by atoms with E-state index in [2.05, 4.69) is 5.16 Å². The van der Waals surface area contributed by atoms with Crippen LogP contribution in [0.5, 0.6) is 0 Å². The van der Waals surface area contributed by atoms with Gasteiger partial charge in [-0.3, -0.25) is 4.79 Å². The molecule has 0 aliphatic heterocycles. The topological polar surface area (TPSA) is 98.5 Å². The maximum atomic E-state index is 12.3. The predicted molar refractivity (Wildman–Crippen MR) is 77.4 cm³/mol. The molecule has 2 aromatic rings. The van der Waals surface area contributed by atoms with Crippen LogP contribution in [0.4, 0.5) is 0 Å². The van der Waals surface area contributed by atoms with E-state index in [9.17, 15) is 13.2 Å². The van der Waals surface area contributed by atoms with Crippen LogP contribution in [0.2, 0.25) is 0 Å². The molecular formula is C14H16N2O5S. The minimum atomic E-state index is -3.97. The maximum absolute atomic E-state index is 12.3. The molecule has 0 aliphatic carbocycles. The number of carbonyl (C=O) groups is 1. The molecule has 0 fully saturated rings. The van der Waals surface area contributed by atoms with Crippen LogP contribution < -0.4 is 4.72 Å². The number of methoxy groups -OCH3 is 1. The van der Waals surface area contributed by atoms with Gasteiger partial charge in [-0.05, 0) is 18.6 Å². The smallest absolute Gasteiger partial charge is 0.264 e. The van der Waals surface area contributed by atoms with E-state index in [0.29, 0.717) is 17.0 Å². The van der Waals surface area contributed by atoms with Crippen LogP contribution in [-0.4, -0.2) is 26.6 Å². The zero-order chi connectivity index (χ0) is 16.2. The maximum Gasteiger partial charge on any atom is 0.264 e. The van der Waals surface area contributed by atoms with Crippen molar-refractivity contribution >= 4 is 15.9 Å². The number of benzene rings is 1. The molecule has 1 aromatic carbocycles. The van der Waals surface area contributed by atoms with Crippen LogP contribution in [0.3, 0.4) is 0 Å². The number of aromatic nitrogens is 1. The molecule has 0 saturated carbocycles. The van der Waals surface area contributed by atoms with Gasteiger partial charge in [0.15, 0.2) is 0 Å². The number of nitrogens with one attached hydrogen (secondary N) is 1. The Labute approximate surface area is 128 Å². The highest BCUT2D eigenvalue weighted by Crippen LogP contribution is 2.16. The average Bonchev–Trinajstić information content (AvgIpc) is 2.84. The first-order valence-electron chi connectivity index (χ1n) is 6.47. The minimum absolute atomic E-state index is 0.0129. The summed E-state index contributed by atoms with van der Waals surface area (Å²) in [7, 11) is -2.50. The van der Waals surface area contributed by atoms with Crippen molar-refractivity contribution in [1.82, 2.24) is 9.88 Å². The normalized spacial score (nSPS) is 11.4. The van der Waals surface area contributed by atoms with Crippen molar-refractivity contribution in [1.29, 1.82) is 0 Å². The monoisotopic (exact) mass is 324 g/mol. The molecule has 22 heavy (non-hydrogen) atoms. The second-order valence-corrected chi connectivity index (χ2v) is 6.33. The van der Waals surface area contributed by atoms with E-state index in [0.717, 1.165) is 0 Å². The SMILES string of the molecule is COCc1ccccc1S(=O)(=O)NC(=O)Cc1cc(C)no1. The second-order valence-electron chi connectivity index (χ2n) is 4.68. The Morgan fingerprint density at radius 1 is 1.36 bits per heavy atom. The molecule has 1 N–H and O–H groups in total. The van der Waals surface area contributed by atoms with Crippen molar-refractivity contribution in [3.8, 4) is 0 Å². The molecule has 2 rings (SSSR count). The summed E-state index contributed by atoms with van der Waals surface area (Å²) >= 11 is 0. The third-order valence-electron chi connectivity index (χ3n) is 2.82. The van der Waals surface area contributed by atoms with Gasteiger partial charge in [0.25, 0.3) is 10.0 Å². The molecule has 0 atom stereocenters. The molecule has 0 radical (unpaired) electrons. The second kappa shape index (κ2) is 6.71. The van der Waals surface area contributed by atoms with Gasteiger partial charge < -0.3 is 9.26 Å². The molecule has 0 spiro atoms. The zero-order valence-corrected chi connectivity index (χ0v) is 13.0. The standard InChI is InChI=1S/C14H16N2O5S/c1-10-7-12(21-15-10)8-14(17)16-22(18,19)13-6-4-3-5-11(13)9-20-2/h3-7H,8-9H2,1-2H3,(H,16,17). The highest BCUT2D eigenvalue weighted by atomic mass is 32.2. The van der Waals surface area contributed by atoms with E-state index >= 15 is 0 Å². The lowest BCUT2D eigenvalue weighted by molar-refractivity contribution is -0.119. The number of rotatable bonds is 6. The number of hydrogen-bond donors (Lipinski definition) is 1. The van der Waals surface area contributed by atoms with Gasteiger partial charge in [-0.2, -0.15) is 0 Å². The van der Waals surface area contributed by atoms with Crippen molar-refractivity contribution in [2.45, 2.75) is 24.8 Å². The fourth-order valence-corrected chi connectivity index (χ4v) is 3.15. The molecule has 1 heterocycles. The first kappa shape index (κ1) is 16.2. The lowest BCUT2D eigenvalue weighted by Gasteiger charge is -2.10. The van der Waals surface area contributed by atoms with Crippen LogP contribution >= 0.6 is 0 Å². The van der Waals surface area contributed by atoms with Crippen LogP contribution in [0.1, 0.15) is 17.0 Å². The minimum Gasteiger partial charge on any atom is -0.380 e. The van der Waals surface area contributed by atoms with E-state index < -0.39 is 15.9 Å². The summed E-state index contributed by atoms with van der Waals surface area (Å²) in [5, 5.41) is 3.64. The van der Waals surface area contributed by atoms with Gasteiger partial charge in [-0.25, -0.2) is 13.1 Å². The predicted octanol–water partition coefficient (Wildman–Crippen LogP) is 1.18. The van der Waals surface area contributed by atoms with Gasteiger partial charge in [-0.15, -0.1) is 0 Å². The zero-order valence-electron chi connectivity index (χ0n) is 12.2. The van der Waals surface area contributed by atoms with Crippen molar-refractivity contribution in [3.63, 3.8) is 0 Å². The van der Waals surface area contributed by atoms with E-state index in [1.807, 2.05) is 4.72 Å². The summed E-state index contributed by atoms with van der Waals surface area (Å²) in [4.78, 5) is 11.9. The van der Waals surface area contributed by atoms with Gasteiger partial charge in [0.1, 0.15) is 5.76 Å². The van der Waals surface area contributed by atoms with Crippen molar-refractivity contribution in [2.75, 3.05) is 7.11 Å². The number of amides is 1. The van der Waals surface area contributed by atoms with Crippen LogP contribution in [-0.2, 0) is 32.6 Å². The summed E-state index contributed by atoms with van der Waals surface area (Å²) in [5.74, 6) is -0.390. The van der Waals surface area contributed by atoms with E-state index in [4.69, 9.17) is 9.26 Å². The summed E-state index contributed by atoms with van der Waals surface area (Å²) in [6.45, 7) is 1.84. The first-order valence-corrected chi connectivity index (χ1v) is 7.95. The first-order chi connectivity index (χ1) is 10.4. The fraction of sp³-hybridized carbons (Fsp3) is 0.286. The highest BCUT2D eigenvalue weighted by molar-refractivity contribution is 7.90. The quantitative estimate of drug-likeness (QED) is 0.856. The van der Waals surface area contributed by atoms with Crippen LogP contribution in [0.25, 0.3) is 0 Å². The van der Waals surface area contributed by atoms with Gasteiger partial charge in [0, 0.05) is 13.2 Å². The van der Waals surface area contributed by atoms with E-state index in [1.54, 1.807) is 31.2 Å². The largest absolute Gasteiger partial charge is 0.380 e.